The van der Waals surface area contributed by atoms with Crippen LogP contribution in [0.15, 0.2) is 59.4 Å². The second-order valence-electron chi connectivity index (χ2n) is 7.79. The molecule has 0 bridgehead atoms. The van der Waals surface area contributed by atoms with Crippen LogP contribution in [0.25, 0.3) is 28.2 Å². The van der Waals surface area contributed by atoms with Gasteiger partial charge in [-0.1, -0.05) is 12.1 Å². The van der Waals surface area contributed by atoms with E-state index in [1.165, 1.54) is 0 Å². The number of hydrogen-bond acceptors (Lipinski definition) is 8. The number of imidazole rings is 1. The van der Waals surface area contributed by atoms with Crippen LogP contribution in [0.5, 0.6) is 5.88 Å². The zero-order chi connectivity index (χ0) is 22.9. The summed E-state index contributed by atoms with van der Waals surface area (Å²) < 4.78 is 13.2. The van der Waals surface area contributed by atoms with Crippen molar-refractivity contribution < 1.29 is 9.15 Å². The highest BCUT2D eigenvalue weighted by molar-refractivity contribution is 5.72. The Kier molecular flexibility index (Phi) is 5.21. The fourth-order valence-electron chi connectivity index (χ4n) is 3.57. The Labute approximate surface area is 190 Å². The van der Waals surface area contributed by atoms with E-state index in [-0.39, 0.29) is 6.04 Å². The van der Waals surface area contributed by atoms with Crippen LogP contribution in [-0.4, -0.2) is 36.8 Å². The second kappa shape index (κ2) is 8.34. The van der Waals surface area contributed by atoms with E-state index in [4.69, 9.17) is 9.15 Å². The molecule has 9 nitrogen and oxygen atoms in total. The lowest BCUT2D eigenvalue weighted by atomic mass is 10.2. The van der Waals surface area contributed by atoms with Gasteiger partial charge in [-0.2, -0.15) is 0 Å². The van der Waals surface area contributed by atoms with Crippen LogP contribution in [0.4, 0.5) is 5.82 Å². The SMILES string of the molecule is COc1nc(-c2cc(C)c(NC(C)c3nc4ccccc4o3)nn2)ccc1-n1cnc(C)c1. The quantitative estimate of drug-likeness (QED) is 0.406. The highest BCUT2D eigenvalue weighted by Gasteiger charge is 2.17. The first-order valence-electron chi connectivity index (χ1n) is 10.5. The van der Waals surface area contributed by atoms with Crippen molar-refractivity contribution in [2.45, 2.75) is 26.8 Å². The zero-order valence-corrected chi connectivity index (χ0v) is 18.8. The van der Waals surface area contributed by atoms with Gasteiger partial charge in [0, 0.05) is 6.20 Å². The first-order chi connectivity index (χ1) is 16.0. The number of benzene rings is 1. The number of fused-ring (bicyclic) bond motifs is 1. The molecule has 4 aromatic heterocycles. The van der Waals surface area contributed by atoms with Crippen LogP contribution in [0, 0.1) is 13.8 Å². The van der Waals surface area contributed by atoms with Gasteiger partial charge >= 0.3 is 0 Å². The largest absolute Gasteiger partial charge is 0.479 e. The lowest BCUT2D eigenvalue weighted by Gasteiger charge is -2.14. The predicted octanol–water partition coefficient (Wildman–Crippen LogP) is 4.66. The van der Waals surface area contributed by atoms with Crippen LogP contribution < -0.4 is 10.1 Å². The van der Waals surface area contributed by atoms with Crippen molar-refractivity contribution in [1.82, 2.24) is 29.7 Å². The van der Waals surface area contributed by atoms with Gasteiger partial charge in [0.2, 0.25) is 11.8 Å². The number of anilines is 1. The summed E-state index contributed by atoms with van der Waals surface area (Å²) in [6.45, 7) is 5.88. The summed E-state index contributed by atoms with van der Waals surface area (Å²) in [6.07, 6.45) is 3.65. The lowest BCUT2D eigenvalue weighted by molar-refractivity contribution is 0.396. The van der Waals surface area contributed by atoms with Gasteiger partial charge in [0.05, 0.1) is 24.8 Å². The van der Waals surface area contributed by atoms with Gasteiger partial charge in [-0.05, 0) is 56.7 Å². The molecule has 9 heteroatoms. The number of nitrogens with one attached hydrogen (secondary N) is 1. The highest BCUT2D eigenvalue weighted by Crippen LogP contribution is 2.28. The van der Waals surface area contributed by atoms with Gasteiger partial charge in [0.1, 0.15) is 22.9 Å². The van der Waals surface area contributed by atoms with E-state index in [9.17, 15) is 0 Å². The number of pyridine rings is 1. The maximum atomic E-state index is 5.86. The molecular weight excluding hydrogens is 418 g/mol. The number of aromatic nitrogens is 6. The van der Waals surface area contributed by atoms with E-state index in [0.29, 0.717) is 29.0 Å². The van der Waals surface area contributed by atoms with Crippen molar-refractivity contribution in [2.24, 2.45) is 0 Å². The molecule has 4 heterocycles. The molecule has 1 N–H and O–H groups in total. The summed E-state index contributed by atoms with van der Waals surface area (Å²) in [6, 6.07) is 13.3. The molecule has 1 aromatic carbocycles. The third kappa shape index (κ3) is 4.00. The third-order valence-corrected chi connectivity index (χ3v) is 5.30. The molecule has 0 saturated heterocycles. The summed E-state index contributed by atoms with van der Waals surface area (Å²) in [4.78, 5) is 13.4. The highest BCUT2D eigenvalue weighted by atomic mass is 16.5. The molecule has 0 radical (unpaired) electrons. The number of ether oxygens (including phenoxy) is 1. The number of aryl methyl sites for hydroxylation is 2. The van der Waals surface area contributed by atoms with Crippen LogP contribution in [-0.2, 0) is 0 Å². The minimum Gasteiger partial charge on any atom is -0.479 e. The molecule has 33 heavy (non-hydrogen) atoms. The van der Waals surface area contributed by atoms with Crippen LogP contribution in [0.1, 0.15) is 30.1 Å². The molecule has 5 rings (SSSR count). The van der Waals surface area contributed by atoms with Gasteiger partial charge < -0.3 is 19.0 Å². The first-order valence-corrected chi connectivity index (χ1v) is 10.5. The third-order valence-electron chi connectivity index (χ3n) is 5.30. The van der Waals surface area contributed by atoms with Crippen molar-refractivity contribution >= 4 is 16.9 Å². The van der Waals surface area contributed by atoms with E-state index in [0.717, 1.165) is 28.0 Å². The number of methoxy groups -OCH3 is 1. The molecule has 0 aliphatic carbocycles. The Bertz CT molecular complexity index is 1410. The number of oxazole rings is 1. The van der Waals surface area contributed by atoms with E-state index < -0.39 is 0 Å². The van der Waals surface area contributed by atoms with E-state index >= 15 is 0 Å². The van der Waals surface area contributed by atoms with Crippen LogP contribution >= 0.6 is 0 Å². The minimum absolute atomic E-state index is 0.174. The molecule has 0 spiro atoms. The van der Waals surface area contributed by atoms with Gasteiger partial charge in [-0.15, -0.1) is 10.2 Å². The summed E-state index contributed by atoms with van der Waals surface area (Å²) in [5.74, 6) is 1.74. The average Bonchev–Trinajstić information content (AvgIpc) is 3.46. The summed E-state index contributed by atoms with van der Waals surface area (Å²) >= 11 is 0. The van der Waals surface area contributed by atoms with Crippen molar-refractivity contribution in [2.75, 3.05) is 12.4 Å². The standard InChI is InChI=1S/C24H23N7O2/c1-14-11-19(17-9-10-20(24(27-17)32-4)31-12-15(2)25-13-31)29-30-22(14)26-16(3)23-28-18-7-5-6-8-21(18)33-23/h5-13,16H,1-4H3,(H,26,30). The Morgan fingerprint density at radius 1 is 1.03 bits per heavy atom. The minimum atomic E-state index is -0.174. The Morgan fingerprint density at radius 2 is 1.88 bits per heavy atom. The molecule has 0 aliphatic heterocycles. The van der Waals surface area contributed by atoms with Gasteiger partial charge in [-0.3, -0.25) is 0 Å². The molecule has 5 aromatic rings. The fraction of sp³-hybridized carbons (Fsp3) is 0.208. The molecule has 166 valence electrons. The number of nitrogens with zero attached hydrogens (tertiary/aromatic N) is 6. The molecule has 0 saturated carbocycles. The monoisotopic (exact) mass is 441 g/mol. The van der Waals surface area contributed by atoms with E-state index in [1.54, 1.807) is 13.4 Å². The first kappa shape index (κ1) is 20.6. The number of para-hydroxylation sites is 2. The normalized spacial score (nSPS) is 12.1. The average molecular weight is 441 g/mol. The van der Waals surface area contributed by atoms with Gasteiger partial charge in [0.25, 0.3) is 0 Å². The molecule has 0 amide bonds. The van der Waals surface area contributed by atoms with Crippen molar-refractivity contribution in [1.29, 1.82) is 0 Å². The van der Waals surface area contributed by atoms with Crippen LogP contribution in [0.3, 0.4) is 0 Å². The summed E-state index contributed by atoms with van der Waals surface area (Å²) in [5, 5.41) is 12.1. The van der Waals surface area contributed by atoms with E-state index in [1.807, 2.05) is 74.0 Å². The van der Waals surface area contributed by atoms with Crippen molar-refractivity contribution in [3.8, 4) is 23.0 Å². The van der Waals surface area contributed by atoms with E-state index in [2.05, 4.69) is 30.5 Å². The molecule has 1 unspecified atom stereocenters. The Morgan fingerprint density at radius 3 is 2.61 bits per heavy atom. The summed E-state index contributed by atoms with van der Waals surface area (Å²) in [5.41, 5.74) is 5.55. The van der Waals surface area contributed by atoms with Gasteiger partial charge in [0.15, 0.2) is 11.4 Å². The smallest absolute Gasteiger partial charge is 0.238 e. The topological polar surface area (TPSA) is 104 Å². The lowest BCUT2D eigenvalue weighted by Crippen LogP contribution is -2.10. The Balaban J connectivity index is 1.39. The maximum Gasteiger partial charge on any atom is 0.238 e. The maximum absolute atomic E-state index is 5.86. The number of hydrogen-bond donors (Lipinski definition) is 1. The predicted molar refractivity (Wildman–Crippen MR) is 124 cm³/mol. The molecule has 0 aliphatic rings. The molecule has 0 fully saturated rings. The van der Waals surface area contributed by atoms with Gasteiger partial charge in [-0.25, -0.2) is 15.0 Å². The molecular formula is C24H23N7O2. The summed E-state index contributed by atoms with van der Waals surface area (Å²) in [7, 11) is 1.59. The van der Waals surface area contributed by atoms with Crippen LogP contribution in [0.2, 0.25) is 0 Å². The zero-order valence-electron chi connectivity index (χ0n) is 18.8. The van der Waals surface area contributed by atoms with Crippen molar-refractivity contribution in [3.63, 3.8) is 0 Å². The number of rotatable bonds is 6. The van der Waals surface area contributed by atoms with Crippen molar-refractivity contribution in [3.05, 3.63) is 72.1 Å². The Hall–Kier alpha value is -4.27. The fourth-order valence-corrected chi connectivity index (χ4v) is 3.57. The molecule has 1 atom stereocenters. The second-order valence-corrected chi connectivity index (χ2v) is 7.79.